The third kappa shape index (κ3) is 5.75. The molecular weight excluding hydrogens is 377 g/mol. The quantitative estimate of drug-likeness (QED) is 0.848. The maximum Gasteiger partial charge on any atom is 0.236 e. The molecule has 0 unspecified atom stereocenters. The summed E-state index contributed by atoms with van der Waals surface area (Å²) in [6, 6.07) is 5.78. The van der Waals surface area contributed by atoms with E-state index in [9.17, 15) is 4.79 Å². The molecule has 4 nitrogen and oxygen atoms in total. The molecule has 1 N–H and O–H groups in total. The van der Waals surface area contributed by atoms with Crippen LogP contribution in [0.3, 0.4) is 0 Å². The minimum atomic E-state index is 0. The zero-order chi connectivity index (χ0) is 14.5. The Hall–Kier alpha value is -0.330. The van der Waals surface area contributed by atoms with Crippen LogP contribution in [0.4, 0.5) is 0 Å². The lowest BCUT2D eigenvalue weighted by Gasteiger charge is -2.29. The van der Waals surface area contributed by atoms with E-state index in [4.69, 9.17) is 11.6 Å². The highest BCUT2D eigenvalue weighted by molar-refractivity contribution is 9.10. The van der Waals surface area contributed by atoms with Gasteiger partial charge < -0.3 is 10.2 Å². The highest BCUT2D eigenvalue weighted by Gasteiger charge is 2.18. The summed E-state index contributed by atoms with van der Waals surface area (Å²) in [7, 11) is 1.94. The first-order valence-corrected chi connectivity index (χ1v) is 7.84. The highest BCUT2D eigenvalue weighted by Crippen LogP contribution is 2.22. The van der Waals surface area contributed by atoms with Crippen molar-refractivity contribution < 1.29 is 4.79 Å². The monoisotopic (exact) mass is 395 g/mol. The van der Waals surface area contributed by atoms with Gasteiger partial charge in [0.1, 0.15) is 0 Å². The van der Waals surface area contributed by atoms with Crippen molar-refractivity contribution in [3.05, 3.63) is 33.3 Å². The molecule has 7 heteroatoms. The highest BCUT2D eigenvalue weighted by atomic mass is 79.9. The van der Waals surface area contributed by atoms with Crippen LogP contribution < -0.4 is 5.32 Å². The number of hydrogen-bond acceptors (Lipinski definition) is 3. The van der Waals surface area contributed by atoms with Gasteiger partial charge in [0, 0.05) is 42.2 Å². The van der Waals surface area contributed by atoms with Gasteiger partial charge in [-0.05, 0) is 30.8 Å². The van der Waals surface area contributed by atoms with E-state index in [-0.39, 0.29) is 18.3 Å². The minimum Gasteiger partial charge on any atom is -0.339 e. The Balaban J connectivity index is 0.00000220. The Bertz CT molecular complexity index is 481. The topological polar surface area (TPSA) is 35.6 Å². The van der Waals surface area contributed by atoms with Gasteiger partial charge in [-0.15, -0.1) is 12.4 Å². The van der Waals surface area contributed by atoms with Gasteiger partial charge in [0.15, 0.2) is 0 Å². The second-order valence-electron chi connectivity index (χ2n) is 5.04. The molecule has 1 aromatic carbocycles. The number of nitrogens with one attached hydrogen (secondary N) is 1. The third-order valence-corrected chi connectivity index (χ3v) is 4.18. The van der Waals surface area contributed by atoms with Crippen LogP contribution in [0.2, 0.25) is 5.02 Å². The van der Waals surface area contributed by atoms with Gasteiger partial charge in [0.25, 0.3) is 0 Å². The lowest BCUT2D eigenvalue weighted by atomic mass is 10.2. The van der Waals surface area contributed by atoms with Crippen LogP contribution in [-0.4, -0.2) is 55.5 Å². The zero-order valence-corrected chi connectivity index (χ0v) is 15.1. The number of rotatable bonds is 4. The summed E-state index contributed by atoms with van der Waals surface area (Å²) in [5, 5.41) is 3.98. The molecule has 1 aliphatic heterocycles. The van der Waals surface area contributed by atoms with Crippen LogP contribution in [0.15, 0.2) is 22.7 Å². The van der Waals surface area contributed by atoms with E-state index in [2.05, 4.69) is 21.2 Å². The molecule has 0 aromatic heterocycles. The number of benzene rings is 1. The van der Waals surface area contributed by atoms with Gasteiger partial charge in [0.2, 0.25) is 5.91 Å². The van der Waals surface area contributed by atoms with Crippen LogP contribution in [0, 0.1) is 0 Å². The van der Waals surface area contributed by atoms with Crippen molar-refractivity contribution in [3.8, 4) is 0 Å². The predicted octanol–water partition coefficient (Wildman–Crippen LogP) is 2.39. The SMILES string of the molecule is CN(CC(=O)N1CCNCC1)Cc1cc(Br)ccc1Cl.Cl. The van der Waals surface area contributed by atoms with E-state index in [0.717, 1.165) is 41.2 Å². The van der Waals surface area contributed by atoms with E-state index in [1.807, 2.05) is 35.0 Å². The van der Waals surface area contributed by atoms with Gasteiger partial charge >= 0.3 is 0 Å². The summed E-state index contributed by atoms with van der Waals surface area (Å²) >= 11 is 9.61. The standard InChI is InChI=1S/C14H19BrClN3O.ClH/c1-18(9-11-8-12(15)2-3-13(11)16)10-14(20)19-6-4-17-5-7-19;/h2-3,8,17H,4-7,9-10H2,1H3;1H. The largest absolute Gasteiger partial charge is 0.339 e. The van der Waals surface area contributed by atoms with Crippen LogP contribution in [0.1, 0.15) is 5.56 Å². The molecule has 0 radical (unpaired) electrons. The molecule has 0 bridgehead atoms. The third-order valence-electron chi connectivity index (χ3n) is 3.32. The van der Waals surface area contributed by atoms with Gasteiger partial charge in [-0.25, -0.2) is 0 Å². The van der Waals surface area contributed by atoms with E-state index in [0.29, 0.717) is 13.1 Å². The van der Waals surface area contributed by atoms with E-state index < -0.39 is 0 Å². The fourth-order valence-electron chi connectivity index (χ4n) is 2.26. The number of piperazine rings is 1. The smallest absolute Gasteiger partial charge is 0.236 e. The van der Waals surface area contributed by atoms with E-state index >= 15 is 0 Å². The molecule has 21 heavy (non-hydrogen) atoms. The molecule has 1 aromatic rings. The van der Waals surface area contributed by atoms with Crippen molar-refractivity contribution >= 4 is 45.8 Å². The van der Waals surface area contributed by atoms with Crippen molar-refractivity contribution in [1.82, 2.24) is 15.1 Å². The van der Waals surface area contributed by atoms with Crippen molar-refractivity contribution in [2.75, 3.05) is 39.8 Å². The van der Waals surface area contributed by atoms with E-state index in [1.165, 1.54) is 0 Å². The fourth-order valence-corrected chi connectivity index (χ4v) is 2.84. The van der Waals surface area contributed by atoms with Gasteiger partial charge in [-0.3, -0.25) is 9.69 Å². The second-order valence-corrected chi connectivity index (χ2v) is 6.36. The van der Waals surface area contributed by atoms with E-state index in [1.54, 1.807) is 0 Å². The van der Waals surface area contributed by atoms with Gasteiger partial charge in [-0.1, -0.05) is 27.5 Å². The molecule has 0 atom stereocenters. The van der Waals surface area contributed by atoms with Crippen molar-refractivity contribution in [2.24, 2.45) is 0 Å². The number of amides is 1. The lowest BCUT2D eigenvalue weighted by Crippen LogP contribution is -2.49. The Morgan fingerprint density at radius 2 is 2.10 bits per heavy atom. The lowest BCUT2D eigenvalue weighted by molar-refractivity contribution is -0.132. The van der Waals surface area contributed by atoms with Crippen LogP contribution in [0.5, 0.6) is 0 Å². The van der Waals surface area contributed by atoms with Crippen LogP contribution in [-0.2, 0) is 11.3 Å². The minimum absolute atomic E-state index is 0. The molecule has 1 fully saturated rings. The first-order chi connectivity index (χ1) is 9.56. The Morgan fingerprint density at radius 3 is 2.76 bits per heavy atom. The molecule has 2 rings (SSSR count). The van der Waals surface area contributed by atoms with Gasteiger partial charge in [-0.2, -0.15) is 0 Å². The summed E-state index contributed by atoms with van der Waals surface area (Å²) < 4.78 is 0.999. The molecule has 1 saturated heterocycles. The maximum absolute atomic E-state index is 12.2. The Morgan fingerprint density at radius 1 is 1.43 bits per heavy atom. The molecule has 0 aliphatic carbocycles. The second kappa shape index (κ2) is 8.96. The Kier molecular flexibility index (Phi) is 7.98. The number of carbonyl (C=O) groups excluding carboxylic acids is 1. The molecular formula is C14H20BrCl2N3O. The number of nitrogens with zero attached hydrogens (tertiary/aromatic N) is 2. The van der Waals surface area contributed by atoms with Crippen molar-refractivity contribution in [3.63, 3.8) is 0 Å². The number of carbonyl (C=O) groups is 1. The molecule has 1 aliphatic rings. The molecule has 118 valence electrons. The first kappa shape index (κ1) is 18.7. The molecule has 0 spiro atoms. The van der Waals surface area contributed by atoms with Crippen LogP contribution in [0.25, 0.3) is 0 Å². The Labute approximate surface area is 145 Å². The number of halogens is 3. The summed E-state index contributed by atoms with van der Waals surface area (Å²) in [4.78, 5) is 16.1. The van der Waals surface area contributed by atoms with Gasteiger partial charge in [0.05, 0.1) is 6.54 Å². The van der Waals surface area contributed by atoms with Crippen molar-refractivity contribution in [2.45, 2.75) is 6.54 Å². The molecule has 1 heterocycles. The average Bonchev–Trinajstić information content (AvgIpc) is 2.43. The maximum atomic E-state index is 12.2. The summed E-state index contributed by atoms with van der Waals surface area (Å²) in [6.45, 7) is 4.44. The molecule has 1 amide bonds. The van der Waals surface area contributed by atoms with Crippen LogP contribution >= 0.6 is 39.9 Å². The normalized spacial score (nSPS) is 15.0. The summed E-state index contributed by atoms with van der Waals surface area (Å²) in [6.07, 6.45) is 0. The first-order valence-electron chi connectivity index (χ1n) is 6.67. The summed E-state index contributed by atoms with van der Waals surface area (Å²) in [5.41, 5.74) is 1.02. The number of hydrogen-bond donors (Lipinski definition) is 1. The molecule has 0 saturated carbocycles. The number of likely N-dealkylation sites (N-methyl/N-ethyl adjacent to an activating group) is 1. The summed E-state index contributed by atoms with van der Waals surface area (Å²) in [5.74, 6) is 0.181. The average molecular weight is 397 g/mol. The predicted molar refractivity (Wildman–Crippen MR) is 92.2 cm³/mol. The zero-order valence-electron chi connectivity index (χ0n) is 11.9. The van der Waals surface area contributed by atoms with Crippen molar-refractivity contribution in [1.29, 1.82) is 0 Å². The fraction of sp³-hybridized carbons (Fsp3) is 0.500.